The van der Waals surface area contributed by atoms with Crippen molar-refractivity contribution in [2.75, 3.05) is 12.4 Å². The molecule has 1 aliphatic rings. The van der Waals surface area contributed by atoms with Gasteiger partial charge in [0, 0.05) is 18.5 Å². The van der Waals surface area contributed by atoms with Crippen LogP contribution in [-0.4, -0.2) is 34.2 Å². The number of nitrogens with zero attached hydrogens (tertiary/aromatic N) is 2. The number of rotatable bonds is 6. The number of benzene rings is 2. The first-order chi connectivity index (χ1) is 13.6. The zero-order valence-corrected chi connectivity index (χ0v) is 16.7. The first-order valence-electron chi connectivity index (χ1n) is 8.67. The fourth-order valence-electron chi connectivity index (χ4n) is 2.83. The quantitative estimate of drug-likeness (QED) is 0.665. The summed E-state index contributed by atoms with van der Waals surface area (Å²) in [5.41, 5.74) is 1.62. The molecular formula is C20H17N3O3S2. The zero-order chi connectivity index (χ0) is 19.5. The summed E-state index contributed by atoms with van der Waals surface area (Å²) < 4.78 is 6.21. The van der Waals surface area contributed by atoms with E-state index in [0.29, 0.717) is 22.9 Å². The Kier molecular flexibility index (Phi) is 5.40. The highest BCUT2D eigenvalue weighted by molar-refractivity contribution is 8.15. The van der Waals surface area contributed by atoms with Gasteiger partial charge in [0.25, 0.3) is 5.91 Å². The van der Waals surface area contributed by atoms with Crippen LogP contribution in [0.3, 0.4) is 0 Å². The van der Waals surface area contributed by atoms with Crippen molar-refractivity contribution in [3.8, 4) is 5.75 Å². The summed E-state index contributed by atoms with van der Waals surface area (Å²) in [4.78, 5) is 33.2. The second-order valence-electron chi connectivity index (χ2n) is 6.18. The van der Waals surface area contributed by atoms with Crippen molar-refractivity contribution in [1.82, 2.24) is 4.98 Å². The molecule has 0 bridgehead atoms. The Bertz CT molecular complexity index is 1030. The third kappa shape index (κ3) is 4.23. The number of aliphatic imine (C=N–C) groups is 1. The smallest absolute Gasteiger partial charge is 0.260 e. The van der Waals surface area contributed by atoms with E-state index in [1.54, 1.807) is 42.7 Å². The number of para-hydroxylation sites is 1. The number of anilines is 1. The normalized spacial score (nSPS) is 16.2. The van der Waals surface area contributed by atoms with E-state index in [0.717, 1.165) is 15.2 Å². The van der Waals surface area contributed by atoms with Crippen LogP contribution in [-0.2, 0) is 16.0 Å². The summed E-state index contributed by atoms with van der Waals surface area (Å²) in [6, 6.07) is 15.0. The lowest BCUT2D eigenvalue weighted by Gasteiger charge is -2.09. The van der Waals surface area contributed by atoms with Crippen LogP contribution in [0, 0.1) is 0 Å². The van der Waals surface area contributed by atoms with Crippen molar-refractivity contribution in [3.05, 3.63) is 53.5 Å². The molecule has 6 nitrogen and oxygen atoms in total. The number of hydrogen-bond acceptors (Lipinski definition) is 6. The first kappa shape index (κ1) is 18.6. The van der Waals surface area contributed by atoms with Gasteiger partial charge in [-0.15, -0.1) is 11.3 Å². The molecule has 1 atom stereocenters. The Labute approximate surface area is 170 Å². The van der Waals surface area contributed by atoms with E-state index in [4.69, 9.17) is 4.74 Å². The molecule has 8 heteroatoms. The molecule has 28 heavy (non-hydrogen) atoms. The number of fused-ring (bicyclic) bond motifs is 1. The molecule has 0 fully saturated rings. The van der Waals surface area contributed by atoms with Crippen molar-refractivity contribution < 1.29 is 14.3 Å². The van der Waals surface area contributed by atoms with Gasteiger partial charge in [0.05, 0.1) is 22.4 Å². The third-order valence-corrected chi connectivity index (χ3v) is 6.37. The van der Waals surface area contributed by atoms with E-state index in [2.05, 4.69) is 15.3 Å². The zero-order valence-electron chi connectivity index (χ0n) is 15.0. The number of thioether (sulfide) groups is 1. The number of amides is 2. The fraction of sp³-hybridized carbons (Fsp3) is 0.200. The molecule has 0 spiro atoms. The molecule has 2 aromatic carbocycles. The lowest BCUT2D eigenvalue weighted by atomic mass is 10.2. The molecular weight excluding hydrogens is 394 g/mol. The molecule has 0 saturated heterocycles. The van der Waals surface area contributed by atoms with Gasteiger partial charge in [-0.2, -0.15) is 0 Å². The minimum Gasteiger partial charge on any atom is -0.497 e. The molecule has 142 valence electrons. The molecule has 4 rings (SSSR count). The number of hydrogen-bond donors (Lipinski definition) is 1. The second-order valence-corrected chi connectivity index (χ2v) is 8.57. The minimum atomic E-state index is -0.484. The summed E-state index contributed by atoms with van der Waals surface area (Å²) in [7, 11) is 1.59. The molecule has 0 unspecified atom stereocenters. The summed E-state index contributed by atoms with van der Waals surface area (Å²) in [5, 5.41) is 3.95. The monoisotopic (exact) mass is 411 g/mol. The average molecular weight is 412 g/mol. The number of thiazole rings is 1. The van der Waals surface area contributed by atoms with Crippen LogP contribution in [0.5, 0.6) is 5.75 Å². The topological polar surface area (TPSA) is 80.7 Å². The number of aromatic nitrogens is 1. The van der Waals surface area contributed by atoms with Gasteiger partial charge in [0.1, 0.15) is 16.0 Å². The SMILES string of the molecule is COc1ccc(NC(=O)C[C@@H]2SC(Cc3nc4ccccc4s3)=NC2=O)cc1. The van der Waals surface area contributed by atoms with Crippen molar-refractivity contribution in [1.29, 1.82) is 0 Å². The Balaban J connectivity index is 1.34. The summed E-state index contributed by atoms with van der Waals surface area (Å²) in [6.07, 6.45) is 0.606. The van der Waals surface area contributed by atoms with E-state index < -0.39 is 5.25 Å². The average Bonchev–Trinajstić information content (AvgIpc) is 3.25. The Morgan fingerprint density at radius 3 is 2.71 bits per heavy atom. The third-order valence-electron chi connectivity index (χ3n) is 4.17. The Morgan fingerprint density at radius 1 is 1.18 bits per heavy atom. The van der Waals surface area contributed by atoms with E-state index >= 15 is 0 Å². The first-order valence-corrected chi connectivity index (χ1v) is 10.4. The van der Waals surface area contributed by atoms with Crippen LogP contribution in [0.1, 0.15) is 11.4 Å². The molecule has 0 saturated carbocycles. The maximum absolute atomic E-state index is 12.3. The minimum absolute atomic E-state index is 0.0857. The molecule has 3 aromatic rings. The van der Waals surface area contributed by atoms with Crippen LogP contribution in [0.2, 0.25) is 0 Å². The van der Waals surface area contributed by atoms with E-state index in [-0.39, 0.29) is 18.2 Å². The predicted octanol–water partition coefficient (Wildman–Crippen LogP) is 3.92. The van der Waals surface area contributed by atoms with Gasteiger partial charge in [0.15, 0.2) is 0 Å². The van der Waals surface area contributed by atoms with Crippen molar-refractivity contribution in [2.45, 2.75) is 18.1 Å². The lowest BCUT2D eigenvalue weighted by molar-refractivity contribution is -0.121. The van der Waals surface area contributed by atoms with Crippen LogP contribution >= 0.6 is 23.1 Å². The van der Waals surface area contributed by atoms with Gasteiger partial charge in [0.2, 0.25) is 5.91 Å². The van der Waals surface area contributed by atoms with Gasteiger partial charge in [-0.05, 0) is 36.4 Å². The fourth-order valence-corrected chi connectivity index (χ4v) is 4.97. The molecule has 1 aromatic heterocycles. The number of carbonyl (C=O) groups excluding carboxylic acids is 2. The lowest BCUT2D eigenvalue weighted by Crippen LogP contribution is -2.21. The van der Waals surface area contributed by atoms with Crippen molar-refractivity contribution >= 4 is 55.9 Å². The largest absolute Gasteiger partial charge is 0.497 e. The highest BCUT2D eigenvalue weighted by Gasteiger charge is 2.30. The molecule has 0 aliphatic carbocycles. The highest BCUT2D eigenvalue weighted by Crippen LogP contribution is 2.30. The Hall–Kier alpha value is -2.71. The summed E-state index contributed by atoms with van der Waals surface area (Å²) in [6.45, 7) is 0. The van der Waals surface area contributed by atoms with E-state index in [1.807, 2.05) is 24.3 Å². The Morgan fingerprint density at radius 2 is 1.96 bits per heavy atom. The number of methoxy groups -OCH3 is 1. The summed E-state index contributed by atoms with van der Waals surface area (Å²) >= 11 is 2.95. The van der Waals surface area contributed by atoms with Crippen LogP contribution in [0.15, 0.2) is 53.5 Å². The molecule has 0 radical (unpaired) electrons. The van der Waals surface area contributed by atoms with Crippen molar-refractivity contribution in [3.63, 3.8) is 0 Å². The van der Waals surface area contributed by atoms with Gasteiger partial charge in [-0.3, -0.25) is 9.59 Å². The maximum Gasteiger partial charge on any atom is 0.260 e. The van der Waals surface area contributed by atoms with Gasteiger partial charge in [-0.1, -0.05) is 23.9 Å². The maximum atomic E-state index is 12.3. The molecule has 2 amide bonds. The molecule has 1 N–H and O–H groups in total. The number of carbonyl (C=O) groups is 2. The van der Waals surface area contributed by atoms with Crippen LogP contribution in [0.4, 0.5) is 5.69 Å². The van der Waals surface area contributed by atoms with Gasteiger partial charge >= 0.3 is 0 Å². The summed E-state index contributed by atoms with van der Waals surface area (Å²) in [5.74, 6) is 0.242. The number of nitrogens with one attached hydrogen (secondary N) is 1. The highest BCUT2D eigenvalue weighted by atomic mass is 32.2. The molecule has 1 aliphatic heterocycles. The van der Waals surface area contributed by atoms with Crippen molar-refractivity contribution in [2.24, 2.45) is 4.99 Å². The van der Waals surface area contributed by atoms with Gasteiger partial charge in [-0.25, -0.2) is 9.98 Å². The predicted molar refractivity (Wildman–Crippen MR) is 113 cm³/mol. The standard InChI is InChI=1S/C20H17N3O3S2/c1-26-13-8-6-12(7-9-13)21-17(24)10-16-20(25)23-19(28-16)11-18-22-14-4-2-3-5-15(14)27-18/h2-9,16H,10-11H2,1H3,(H,21,24)/t16-/m0/s1. The van der Waals surface area contributed by atoms with Crippen LogP contribution in [0.25, 0.3) is 10.2 Å². The second kappa shape index (κ2) is 8.12. The van der Waals surface area contributed by atoms with Gasteiger partial charge < -0.3 is 10.1 Å². The van der Waals surface area contributed by atoms with E-state index in [9.17, 15) is 9.59 Å². The number of ether oxygens (including phenoxy) is 1. The molecule has 2 heterocycles. The van der Waals surface area contributed by atoms with Crippen LogP contribution < -0.4 is 10.1 Å². The van der Waals surface area contributed by atoms with E-state index in [1.165, 1.54) is 11.8 Å².